The van der Waals surface area contributed by atoms with Crippen LogP contribution in [0.15, 0.2) is 18.2 Å². The molecule has 0 amide bonds. The average molecular weight is 321 g/mol. The molecule has 3 nitrogen and oxygen atoms in total. The predicted octanol–water partition coefficient (Wildman–Crippen LogP) is 3.22. The minimum absolute atomic E-state index is 0.108. The molecule has 0 spiro atoms. The molecule has 18 heavy (non-hydrogen) atoms. The molecule has 1 atom stereocenters. The molecule has 0 bridgehead atoms. The number of rotatable bonds is 5. The fraction of sp³-hybridized carbons (Fsp3) is 0.333. The van der Waals surface area contributed by atoms with E-state index < -0.39 is 23.6 Å². The Balaban J connectivity index is 3.24. The van der Waals surface area contributed by atoms with E-state index in [9.17, 15) is 18.4 Å². The second kappa shape index (κ2) is 6.04. The SMILES string of the molecule is CC(Br)C(=O)c1ccc(C(F)F)cc1CC(=O)O. The molecule has 0 saturated carbocycles. The number of ketones is 1. The fourth-order valence-electron chi connectivity index (χ4n) is 1.51. The Kier molecular flexibility index (Phi) is 4.95. The molecule has 1 N–H and O–H groups in total. The van der Waals surface area contributed by atoms with Gasteiger partial charge >= 0.3 is 5.97 Å². The number of carboxylic acids is 1. The highest BCUT2D eigenvalue weighted by Gasteiger charge is 2.19. The zero-order valence-corrected chi connectivity index (χ0v) is 11.1. The summed E-state index contributed by atoms with van der Waals surface area (Å²) in [6.07, 6.45) is -3.15. The summed E-state index contributed by atoms with van der Waals surface area (Å²) in [5, 5.41) is 8.73. The van der Waals surface area contributed by atoms with Gasteiger partial charge in [0, 0.05) is 11.1 Å². The van der Waals surface area contributed by atoms with Gasteiger partial charge in [0.25, 0.3) is 6.43 Å². The third-order valence-corrected chi connectivity index (χ3v) is 2.77. The molecule has 1 aromatic rings. The molecule has 1 rings (SSSR count). The van der Waals surface area contributed by atoms with Crippen LogP contribution in [0.2, 0.25) is 0 Å². The number of aliphatic carboxylic acids is 1. The number of Topliss-reactive ketones (excluding diaryl/α,β-unsaturated/α-hetero) is 1. The van der Waals surface area contributed by atoms with Crippen molar-refractivity contribution in [3.8, 4) is 0 Å². The second-order valence-electron chi connectivity index (χ2n) is 3.77. The molecule has 0 saturated heterocycles. The van der Waals surface area contributed by atoms with Crippen molar-refractivity contribution in [1.82, 2.24) is 0 Å². The van der Waals surface area contributed by atoms with E-state index in [2.05, 4.69) is 15.9 Å². The van der Waals surface area contributed by atoms with Crippen LogP contribution in [-0.2, 0) is 11.2 Å². The minimum Gasteiger partial charge on any atom is -0.481 e. The molecule has 98 valence electrons. The smallest absolute Gasteiger partial charge is 0.307 e. The maximum atomic E-state index is 12.5. The number of carbonyl (C=O) groups is 2. The van der Waals surface area contributed by atoms with Gasteiger partial charge in [0.05, 0.1) is 11.2 Å². The van der Waals surface area contributed by atoms with E-state index in [1.165, 1.54) is 6.07 Å². The fourth-order valence-corrected chi connectivity index (χ4v) is 1.76. The maximum Gasteiger partial charge on any atom is 0.307 e. The van der Waals surface area contributed by atoms with Crippen LogP contribution >= 0.6 is 15.9 Å². The van der Waals surface area contributed by atoms with Crippen LogP contribution in [0.4, 0.5) is 8.78 Å². The van der Waals surface area contributed by atoms with Crippen LogP contribution in [0.25, 0.3) is 0 Å². The predicted molar refractivity (Wildman–Crippen MR) is 65.5 cm³/mol. The Hall–Kier alpha value is -1.30. The Morgan fingerprint density at radius 1 is 1.39 bits per heavy atom. The highest BCUT2D eigenvalue weighted by atomic mass is 79.9. The number of hydrogen-bond donors (Lipinski definition) is 1. The highest BCUT2D eigenvalue weighted by molar-refractivity contribution is 9.10. The summed E-state index contributed by atoms with van der Waals surface area (Å²) in [5.41, 5.74) is -0.0206. The minimum atomic E-state index is -2.69. The summed E-state index contributed by atoms with van der Waals surface area (Å²) < 4.78 is 25.1. The van der Waals surface area contributed by atoms with Gasteiger partial charge in [-0.25, -0.2) is 8.78 Å². The van der Waals surface area contributed by atoms with E-state index in [1.807, 2.05) is 0 Å². The second-order valence-corrected chi connectivity index (χ2v) is 5.14. The Morgan fingerprint density at radius 3 is 2.44 bits per heavy atom. The molecular weight excluding hydrogens is 310 g/mol. The summed E-state index contributed by atoms with van der Waals surface area (Å²) >= 11 is 3.08. The van der Waals surface area contributed by atoms with Crippen molar-refractivity contribution in [2.24, 2.45) is 0 Å². The van der Waals surface area contributed by atoms with E-state index >= 15 is 0 Å². The summed E-state index contributed by atoms with van der Waals surface area (Å²) in [6, 6.07) is 3.46. The monoisotopic (exact) mass is 320 g/mol. The van der Waals surface area contributed by atoms with Crippen LogP contribution in [0.1, 0.15) is 34.8 Å². The van der Waals surface area contributed by atoms with Crippen molar-refractivity contribution in [2.75, 3.05) is 0 Å². The van der Waals surface area contributed by atoms with Crippen LogP contribution in [0, 0.1) is 0 Å². The van der Waals surface area contributed by atoms with E-state index in [1.54, 1.807) is 6.92 Å². The molecule has 0 radical (unpaired) electrons. The van der Waals surface area contributed by atoms with Gasteiger partial charge in [-0.3, -0.25) is 9.59 Å². The van der Waals surface area contributed by atoms with Crippen molar-refractivity contribution in [3.05, 3.63) is 34.9 Å². The molecule has 6 heteroatoms. The lowest BCUT2D eigenvalue weighted by atomic mass is 9.97. The lowest BCUT2D eigenvalue weighted by Crippen LogP contribution is -2.15. The van der Waals surface area contributed by atoms with Crippen LogP contribution in [-0.4, -0.2) is 21.7 Å². The topological polar surface area (TPSA) is 54.4 Å². The Morgan fingerprint density at radius 2 is 2.00 bits per heavy atom. The molecular formula is C12H11BrF2O3. The van der Waals surface area contributed by atoms with Crippen LogP contribution in [0.3, 0.4) is 0 Å². The number of alkyl halides is 3. The van der Waals surface area contributed by atoms with Gasteiger partial charge in [0.15, 0.2) is 5.78 Å². The number of hydrogen-bond acceptors (Lipinski definition) is 2. The first-order valence-corrected chi connectivity index (χ1v) is 6.05. The summed E-state index contributed by atoms with van der Waals surface area (Å²) in [7, 11) is 0. The third-order valence-electron chi connectivity index (χ3n) is 2.35. The summed E-state index contributed by atoms with van der Waals surface area (Å²) in [5.74, 6) is -1.50. The number of carboxylic acid groups (broad SMARTS) is 1. The third kappa shape index (κ3) is 3.60. The number of halogens is 3. The van der Waals surface area contributed by atoms with Crippen molar-refractivity contribution in [3.63, 3.8) is 0 Å². The molecule has 0 aromatic heterocycles. The first kappa shape index (κ1) is 14.8. The largest absolute Gasteiger partial charge is 0.481 e. The average Bonchev–Trinajstić information content (AvgIpc) is 2.26. The van der Waals surface area contributed by atoms with Gasteiger partial charge in [-0.05, 0) is 18.6 Å². The summed E-state index contributed by atoms with van der Waals surface area (Å²) in [4.78, 5) is 22.0. The molecule has 0 heterocycles. The Bertz CT molecular complexity index is 472. The first-order chi connectivity index (χ1) is 8.32. The van der Waals surface area contributed by atoms with Gasteiger partial charge in [-0.1, -0.05) is 28.1 Å². The van der Waals surface area contributed by atoms with Crippen molar-refractivity contribution in [2.45, 2.75) is 24.6 Å². The van der Waals surface area contributed by atoms with Crippen LogP contribution in [0.5, 0.6) is 0 Å². The highest BCUT2D eigenvalue weighted by Crippen LogP contribution is 2.24. The van der Waals surface area contributed by atoms with E-state index in [-0.39, 0.29) is 22.5 Å². The standard InChI is InChI=1S/C12H11BrF2O3/c1-6(13)11(18)9-3-2-7(12(14)15)4-8(9)5-10(16)17/h2-4,6,12H,5H2,1H3,(H,16,17). The van der Waals surface area contributed by atoms with E-state index in [0.717, 1.165) is 12.1 Å². The maximum absolute atomic E-state index is 12.5. The van der Waals surface area contributed by atoms with E-state index in [4.69, 9.17) is 5.11 Å². The molecule has 0 aliphatic heterocycles. The zero-order valence-electron chi connectivity index (χ0n) is 9.49. The van der Waals surface area contributed by atoms with Crippen molar-refractivity contribution in [1.29, 1.82) is 0 Å². The van der Waals surface area contributed by atoms with Gasteiger partial charge in [-0.2, -0.15) is 0 Å². The zero-order chi connectivity index (χ0) is 13.9. The molecule has 1 unspecified atom stereocenters. The first-order valence-electron chi connectivity index (χ1n) is 5.14. The lowest BCUT2D eigenvalue weighted by molar-refractivity contribution is -0.136. The van der Waals surface area contributed by atoms with E-state index in [0.29, 0.717) is 0 Å². The Labute approximate surface area is 111 Å². The van der Waals surface area contributed by atoms with Gasteiger partial charge in [0.1, 0.15) is 0 Å². The number of carbonyl (C=O) groups excluding carboxylic acids is 1. The normalized spacial score (nSPS) is 12.5. The van der Waals surface area contributed by atoms with Gasteiger partial charge in [0.2, 0.25) is 0 Å². The lowest BCUT2D eigenvalue weighted by Gasteiger charge is -2.10. The number of benzene rings is 1. The summed E-state index contributed by atoms with van der Waals surface area (Å²) in [6.45, 7) is 1.59. The molecule has 0 fully saturated rings. The quantitative estimate of drug-likeness (QED) is 0.669. The van der Waals surface area contributed by atoms with Crippen molar-refractivity contribution < 1.29 is 23.5 Å². The molecule has 1 aromatic carbocycles. The van der Waals surface area contributed by atoms with Gasteiger partial charge < -0.3 is 5.11 Å². The van der Waals surface area contributed by atoms with Crippen LogP contribution < -0.4 is 0 Å². The molecule has 0 aliphatic rings. The van der Waals surface area contributed by atoms with Gasteiger partial charge in [-0.15, -0.1) is 0 Å². The van der Waals surface area contributed by atoms with Crippen molar-refractivity contribution >= 4 is 27.7 Å². The molecule has 0 aliphatic carbocycles.